The molecule has 0 aromatic rings. The van der Waals surface area contributed by atoms with Gasteiger partial charge < -0.3 is 4.74 Å². The SMILES string of the molecule is CC1=C(Br)C(=O)OCC1. The molecule has 1 heterocycles. The number of esters is 1. The lowest BCUT2D eigenvalue weighted by Gasteiger charge is -2.11. The zero-order valence-electron chi connectivity index (χ0n) is 5.11. The van der Waals surface area contributed by atoms with Gasteiger partial charge in [-0.25, -0.2) is 4.79 Å². The number of carbonyl (C=O) groups excluding carboxylic acids is 1. The van der Waals surface area contributed by atoms with E-state index in [2.05, 4.69) is 15.9 Å². The first-order chi connectivity index (χ1) is 4.22. The predicted molar refractivity (Wildman–Crippen MR) is 37.2 cm³/mol. The molecule has 0 spiro atoms. The molecule has 0 unspecified atom stereocenters. The van der Waals surface area contributed by atoms with E-state index in [1.807, 2.05) is 6.92 Å². The number of halogens is 1. The quantitative estimate of drug-likeness (QED) is 0.543. The Balaban J connectivity index is 2.84. The molecule has 1 rings (SSSR count). The van der Waals surface area contributed by atoms with Crippen molar-refractivity contribution in [2.75, 3.05) is 6.61 Å². The van der Waals surface area contributed by atoms with Gasteiger partial charge in [0.05, 0.1) is 6.61 Å². The second kappa shape index (κ2) is 2.52. The smallest absolute Gasteiger partial charge is 0.345 e. The lowest BCUT2D eigenvalue weighted by molar-refractivity contribution is -0.138. The fourth-order valence-corrected chi connectivity index (χ4v) is 0.957. The van der Waals surface area contributed by atoms with Gasteiger partial charge in [0.15, 0.2) is 0 Å². The maximum atomic E-state index is 10.7. The van der Waals surface area contributed by atoms with Crippen LogP contribution in [0.3, 0.4) is 0 Å². The highest BCUT2D eigenvalue weighted by Crippen LogP contribution is 2.20. The minimum absolute atomic E-state index is 0.237. The molecule has 0 bridgehead atoms. The predicted octanol–water partition coefficient (Wildman–Crippen LogP) is 1.60. The molecule has 0 aliphatic carbocycles. The van der Waals surface area contributed by atoms with E-state index in [-0.39, 0.29) is 5.97 Å². The van der Waals surface area contributed by atoms with E-state index < -0.39 is 0 Å². The fourth-order valence-electron chi connectivity index (χ4n) is 0.644. The molecular formula is C6H7BrO2. The molecule has 0 aromatic carbocycles. The number of hydrogen-bond acceptors (Lipinski definition) is 2. The van der Waals surface area contributed by atoms with Gasteiger partial charge in [0, 0.05) is 6.42 Å². The monoisotopic (exact) mass is 190 g/mol. The maximum absolute atomic E-state index is 10.7. The van der Waals surface area contributed by atoms with Crippen LogP contribution in [0.4, 0.5) is 0 Å². The normalized spacial score (nSPS) is 20.0. The molecule has 0 radical (unpaired) electrons. The summed E-state index contributed by atoms with van der Waals surface area (Å²) in [5, 5.41) is 0. The van der Waals surface area contributed by atoms with Gasteiger partial charge in [-0.05, 0) is 28.4 Å². The zero-order chi connectivity index (χ0) is 6.85. The highest BCUT2D eigenvalue weighted by Gasteiger charge is 2.15. The number of ether oxygens (including phenoxy) is 1. The standard InChI is InChI=1S/C6H7BrO2/c1-4-2-3-9-6(8)5(4)7/h2-3H2,1H3. The van der Waals surface area contributed by atoms with Crippen molar-refractivity contribution in [1.82, 2.24) is 0 Å². The summed E-state index contributed by atoms with van der Waals surface area (Å²) in [6.45, 7) is 2.45. The molecule has 1 aliphatic rings. The molecule has 0 saturated heterocycles. The van der Waals surface area contributed by atoms with Crippen LogP contribution < -0.4 is 0 Å². The third-order valence-corrected chi connectivity index (χ3v) is 2.26. The molecule has 0 aromatic heterocycles. The molecule has 50 valence electrons. The number of rotatable bonds is 0. The van der Waals surface area contributed by atoms with Crippen molar-refractivity contribution in [2.24, 2.45) is 0 Å². The van der Waals surface area contributed by atoms with E-state index in [0.717, 1.165) is 12.0 Å². The molecule has 0 amide bonds. The van der Waals surface area contributed by atoms with Crippen LogP contribution in [0.1, 0.15) is 13.3 Å². The third-order valence-electron chi connectivity index (χ3n) is 1.26. The second-order valence-electron chi connectivity index (χ2n) is 1.98. The molecule has 0 saturated carbocycles. The van der Waals surface area contributed by atoms with E-state index in [1.54, 1.807) is 0 Å². The van der Waals surface area contributed by atoms with Gasteiger partial charge in [0.2, 0.25) is 0 Å². The first-order valence-corrected chi connectivity index (χ1v) is 3.53. The van der Waals surface area contributed by atoms with Crippen molar-refractivity contribution in [3.05, 3.63) is 10.1 Å². The zero-order valence-corrected chi connectivity index (χ0v) is 6.69. The largest absolute Gasteiger partial charge is 0.461 e. The molecule has 1 aliphatic heterocycles. The molecule has 0 fully saturated rings. The number of cyclic esters (lactones) is 1. The van der Waals surface area contributed by atoms with Crippen molar-refractivity contribution in [3.8, 4) is 0 Å². The molecule has 3 heteroatoms. The highest BCUT2D eigenvalue weighted by molar-refractivity contribution is 9.12. The lowest BCUT2D eigenvalue weighted by Crippen LogP contribution is -2.12. The minimum atomic E-state index is -0.237. The second-order valence-corrected chi connectivity index (χ2v) is 2.77. The molecule has 0 atom stereocenters. The van der Waals surface area contributed by atoms with E-state index in [4.69, 9.17) is 4.74 Å². The van der Waals surface area contributed by atoms with Crippen molar-refractivity contribution in [1.29, 1.82) is 0 Å². The maximum Gasteiger partial charge on any atom is 0.345 e. The summed E-state index contributed by atoms with van der Waals surface area (Å²) < 4.78 is 5.31. The summed E-state index contributed by atoms with van der Waals surface area (Å²) in [6, 6.07) is 0. The molecule has 0 N–H and O–H groups in total. The number of carbonyl (C=O) groups is 1. The summed E-state index contributed by atoms with van der Waals surface area (Å²) in [4.78, 5) is 10.7. The van der Waals surface area contributed by atoms with E-state index in [0.29, 0.717) is 11.1 Å². The Kier molecular flexibility index (Phi) is 1.90. The van der Waals surface area contributed by atoms with Crippen LogP contribution in [0.15, 0.2) is 10.1 Å². The highest BCUT2D eigenvalue weighted by atomic mass is 79.9. The van der Waals surface area contributed by atoms with Gasteiger partial charge in [-0.1, -0.05) is 0 Å². The van der Waals surface area contributed by atoms with Gasteiger partial charge >= 0.3 is 5.97 Å². The Morgan fingerprint density at radius 3 is 2.78 bits per heavy atom. The topological polar surface area (TPSA) is 26.3 Å². The van der Waals surface area contributed by atoms with Crippen LogP contribution in [-0.4, -0.2) is 12.6 Å². The van der Waals surface area contributed by atoms with E-state index in [1.165, 1.54) is 0 Å². The first-order valence-electron chi connectivity index (χ1n) is 2.74. The van der Waals surface area contributed by atoms with E-state index >= 15 is 0 Å². The van der Waals surface area contributed by atoms with Gasteiger partial charge in [-0.3, -0.25) is 0 Å². The lowest BCUT2D eigenvalue weighted by atomic mass is 10.2. The van der Waals surface area contributed by atoms with Crippen molar-refractivity contribution < 1.29 is 9.53 Å². The summed E-state index contributed by atoms with van der Waals surface area (Å²) in [5.74, 6) is -0.237. The summed E-state index contributed by atoms with van der Waals surface area (Å²) >= 11 is 3.12. The van der Waals surface area contributed by atoms with Gasteiger partial charge in [-0.15, -0.1) is 0 Å². The van der Waals surface area contributed by atoms with Gasteiger partial charge in [-0.2, -0.15) is 0 Å². The molecule has 9 heavy (non-hydrogen) atoms. The van der Waals surface area contributed by atoms with Crippen LogP contribution in [0.2, 0.25) is 0 Å². The first kappa shape index (κ1) is 6.81. The van der Waals surface area contributed by atoms with Crippen LogP contribution in [0.5, 0.6) is 0 Å². The Morgan fingerprint density at radius 2 is 2.33 bits per heavy atom. The van der Waals surface area contributed by atoms with Crippen LogP contribution in [0, 0.1) is 0 Å². The Morgan fingerprint density at radius 1 is 1.67 bits per heavy atom. The molecule has 2 nitrogen and oxygen atoms in total. The fraction of sp³-hybridized carbons (Fsp3) is 0.500. The average molecular weight is 191 g/mol. The number of hydrogen-bond donors (Lipinski definition) is 0. The van der Waals surface area contributed by atoms with Crippen LogP contribution in [-0.2, 0) is 9.53 Å². The van der Waals surface area contributed by atoms with Crippen molar-refractivity contribution in [2.45, 2.75) is 13.3 Å². The summed E-state index contributed by atoms with van der Waals surface area (Å²) in [7, 11) is 0. The Bertz CT molecular complexity index is 172. The van der Waals surface area contributed by atoms with Crippen LogP contribution in [0.25, 0.3) is 0 Å². The third kappa shape index (κ3) is 1.33. The Hall–Kier alpha value is -0.310. The summed E-state index contributed by atoms with van der Waals surface area (Å²) in [6.07, 6.45) is 0.853. The van der Waals surface area contributed by atoms with Gasteiger partial charge in [0.1, 0.15) is 4.48 Å². The minimum Gasteiger partial charge on any atom is -0.461 e. The van der Waals surface area contributed by atoms with Crippen LogP contribution >= 0.6 is 15.9 Å². The van der Waals surface area contributed by atoms with Crippen molar-refractivity contribution >= 4 is 21.9 Å². The summed E-state index contributed by atoms with van der Waals surface area (Å²) in [5.41, 5.74) is 1.08. The average Bonchev–Trinajstić information content (AvgIpc) is 1.83. The molecular weight excluding hydrogens is 184 g/mol. The van der Waals surface area contributed by atoms with E-state index in [9.17, 15) is 4.79 Å². The van der Waals surface area contributed by atoms with Gasteiger partial charge in [0.25, 0.3) is 0 Å². The van der Waals surface area contributed by atoms with Crippen molar-refractivity contribution in [3.63, 3.8) is 0 Å². The Labute approximate surface area is 62.0 Å².